The summed E-state index contributed by atoms with van der Waals surface area (Å²) in [6.45, 7) is 6.17. The Kier molecular flexibility index (Phi) is 8.01. The summed E-state index contributed by atoms with van der Waals surface area (Å²) in [6, 6.07) is 4.93. The zero-order chi connectivity index (χ0) is 24.0. The van der Waals surface area contributed by atoms with Gasteiger partial charge in [0.25, 0.3) is 5.91 Å². The van der Waals surface area contributed by atoms with E-state index < -0.39 is 0 Å². The van der Waals surface area contributed by atoms with Crippen molar-refractivity contribution >= 4 is 11.8 Å². The molecule has 0 bridgehead atoms. The summed E-state index contributed by atoms with van der Waals surface area (Å²) in [5.74, 6) is 5.89. The van der Waals surface area contributed by atoms with Gasteiger partial charge in [-0.1, -0.05) is 25.7 Å². The van der Waals surface area contributed by atoms with Crippen LogP contribution in [0, 0.1) is 17.8 Å². The first kappa shape index (κ1) is 24.2. The summed E-state index contributed by atoms with van der Waals surface area (Å²) in [4.78, 5) is 37.3. The third-order valence-corrected chi connectivity index (χ3v) is 5.72. The number of carbonyl (C=O) groups is 2. The number of hydrogen-bond acceptors (Lipinski definition) is 6. The van der Waals surface area contributed by atoms with E-state index >= 15 is 0 Å². The Morgan fingerprint density at radius 1 is 1.36 bits per heavy atom. The zero-order valence-corrected chi connectivity index (χ0v) is 19.5. The van der Waals surface area contributed by atoms with Crippen molar-refractivity contribution in [1.82, 2.24) is 19.8 Å². The summed E-state index contributed by atoms with van der Waals surface area (Å²) in [5.41, 5.74) is 1.60. The van der Waals surface area contributed by atoms with E-state index in [1.165, 1.54) is 0 Å². The second-order valence-corrected chi connectivity index (χ2v) is 8.32. The van der Waals surface area contributed by atoms with Gasteiger partial charge in [-0.05, 0) is 25.1 Å². The van der Waals surface area contributed by atoms with Crippen molar-refractivity contribution in [2.45, 2.75) is 39.3 Å². The number of aromatic nitrogens is 2. The molecule has 0 saturated heterocycles. The predicted octanol–water partition coefficient (Wildman–Crippen LogP) is 1.96. The highest BCUT2D eigenvalue weighted by Gasteiger charge is 2.34. The van der Waals surface area contributed by atoms with Gasteiger partial charge in [-0.3, -0.25) is 14.6 Å². The summed E-state index contributed by atoms with van der Waals surface area (Å²) >= 11 is 0. The van der Waals surface area contributed by atoms with Crippen LogP contribution in [-0.2, 0) is 4.79 Å². The maximum Gasteiger partial charge on any atom is 0.259 e. The molecule has 0 unspecified atom stereocenters. The van der Waals surface area contributed by atoms with Crippen LogP contribution in [0.4, 0.5) is 0 Å². The highest BCUT2D eigenvalue weighted by Crippen LogP contribution is 2.27. The molecular formula is C25H30N4O4. The molecule has 0 radical (unpaired) electrons. The van der Waals surface area contributed by atoms with Gasteiger partial charge >= 0.3 is 0 Å². The van der Waals surface area contributed by atoms with E-state index in [9.17, 15) is 14.7 Å². The van der Waals surface area contributed by atoms with E-state index in [4.69, 9.17) is 4.74 Å². The molecule has 0 aliphatic carbocycles. The Morgan fingerprint density at radius 3 is 2.79 bits per heavy atom. The maximum atomic E-state index is 13.4. The molecule has 3 atom stereocenters. The number of nitrogens with zero attached hydrogens (tertiary/aromatic N) is 4. The molecule has 2 amide bonds. The molecule has 8 heteroatoms. The van der Waals surface area contributed by atoms with Crippen LogP contribution in [0.15, 0.2) is 36.8 Å². The Balaban J connectivity index is 1.98. The molecule has 1 N–H and O–H groups in total. The average Bonchev–Trinajstić information content (AvgIpc) is 2.84. The molecule has 0 spiro atoms. The molecule has 0 saturated carbocycles. The number of fused-ring (bicyclic) bond motifs is 1. The van der Waals surface area contributed by atoms with Gasteiger partial charge < -0.3 is 19.6 Å². The van der Waals surface area contributed by atoms with Crippen molar-refractivity contribution < 1.29 is 19.4 Å². The van der Waals surface area contributed by atoms with Crippen molar-refractivity contribution in [3.8, 4) is 17.7 Å². The largest absolute Gasteiger partial charge is 0.472 e. The van der Waals surface area contributed by atoms with Gasteiger partial charge in [0, 0.05) is 55.6 Å². The molecular weight excluding hydrogens is 420 g/mol. The number of pyridine rings is 2. The quantitative estimate of drug-likeness (QED) is 0.700. The summed E-state index contributed by atoms with van der Waals surface area (Å²) in [7, 11) is 1.74. The fraction of sp³-hybridized carbons (Fsp3) is 0.440. The van der Waals surface area contributed by atoms with Crippen LogP contribution >= 0.6 is 0 Å². The smallest absolute Gasteiger partial charge is 0.259 e. The molecule has 0 fully saturated rings. The first-order chi connectivity index (χ1) is 15.8. The van der Waals surface area contributed by atoms with Gasteiger partial charge in [0.1, 0.15) is 11.7 Å². The molecule has 3 heterocycles. The topological polar surface area (TPSA) is 95.9 Å². The van der Waals surface area contributed by atoms with E-state index in [0.717, 1.165) is 5.56 Å². The number of aliphatic hydroxyl groups is 1. The Hall–Kier alpha value is -3.44. The van der Waals surface area contributed by atoms with E-state index in [-0.39, 0.29) is 47.9 Å². The third kappa shape index (κ3) is 5.88. The van der Waals surface area contributed by atoms with Crippen LogP contribution in [0.5, 0.6) is 5.88 Å². The summed E-state index contributed by atoms with van der Waals surface area (Å²) in [5, 5.41) is 9.76. The predicted molar refractivity (Wildman–Crippen MR) is 124 cm³/mol. The standard InChI is InChI=1S/C25H30N4O4/c1-5-23(31)28(4)15-22-17(2)14-29(18(3)16-30)25(32)21-11-20(13-27-24(21)33-22)9-8-19-7-6-10-26-12-19/h6-7,10-13,17-18,22,30H,5,14-16H2,1-4H3/t17-,18+,22+/m1/s1. The van der Waals surface area contributed by atoms with Crippen molar-refractivity contribution in [1.29, 1.82) is 0 Å². The normalized spacial score (nSPS) is 18.7. The Morgan fingerprint density at radius 2 is 2.12 bits per heavy atom. The third-order valence-electron chi connectivity index (χ3n) is 5.72. The number of rotatable bonds is 5. The van der Waals surface area contributed by atoms with Crippen LogP contribution in [0.3, 0.4) is 0 Å². The van der Waals surface area contributed by atoms with Crippen LogP contribution in [0.25, 0.3) is 0 Å². The molecule has 3 rings (SSSR count). The molecule has 2 aromatic heterocycles. The summed E-state index contributed by atoms with van der Waals surface area (Å²) in [6.07, 6.45) is 4.93. The number of ether oxygens (including phenoxy) is 1. The molecule has 8 nitrogen and oxygen atoms in total. The second kappa shape index (κ2) is 10.9. The van der Waals surface area contributed by atoms with Gasteiger partial charge in [-0.2, -0.15) is 0 Å². The van der Waals surface area contributed by atoms with Gasteiger partial charge in [0.2, 0.25) is 11.8 Å². The van der Waals surface area contributed by atoms with Gasteiger partial charge in [-0.15, -0.1) is 0 Å². The first-order valence-electron chi connectivity index (χ1n) is 11.1. The van der Waals surface area contributed by atoms with Crippen LogP contribution in [0.2, 0.25) is 0 Å². The molecule has 174 valence electrons. The number of aliphatic hydroxyl groups excluding tert-OH is 1. The lowest BCUT2D eigenvalue weighted by atomic mass is 10.00. The van der Waals surface area contributed by atoms with Crippen molar-refractivity contribution in [3.05, 3.63) is 53.5 Å². The Bertz CT molecular complexity index is 1050. The SMILES string of the molecule is CCC(=O)N(C)C[C@@H]1Oc2ncc(C#Cc3cccnc3)cc2C(=O)N([C@@H](C)CO)C[C@H]1C. The fourth-order valence-corrected chi connectivity index (χ4v) is 3.61. The first-order valence-corrected chi connectivity index (χ1v) is 11.1. The lowest BCUT2D eigenvalue weighted by Gasteiger charge is -2.37. The second-order valence-electron chi connectivity index (χ2n) is 8.32. The van der Waals surface area contributed by atoms with E-state index in [2.05, 4.69) is 21.8 Å². The lowest BCUT2D eigenvalue weighted by molar-refractivity contribution is -0.131. The monoisotopic (exact) mass is 450 g/mol. The minimum atomic E-state index is -0.383. The van der Waals surface area contributed by atoms with Crippen LogP contribution in [0.1, 0.15) is 48.7 Å². The van der Waals surface area contributed by atoms with Crippen molar-refractivity contribution in [2.75, 3.05) is 26.7 Å². The van der Waals surface area contributed by atoms with Gasteiger partial charge in [0.05, 0.1) is 19.2 Å². The fourth-order valence-electron chi connectivity index (χ4n) is 3.61. The number of likely N-dealkylation sites (N-methyl/N-ethyl adjacent to an activating group) is 1. The number of amides is 2. The molecule has 2 aromatic rings. The van der Waals surface area contributed by atoms with E-state index in [1.807, 2.05) is 19.9 Å². The average molecular weight is 451 g/mol. The highest BCUT2D eigenvalue weighted by molar-refractivity contribution is 5.97. The minimum absolute atomic E-state index is 0.0127. The minimum Gasteiger partial charge on any atom is -0.472 e. The van der Waals surface area contributed by atoms with Crippen LogP contribution in [-0.4, -0.2) is 75.6 Å². The van der Waals surface area contributed by atoms with Crippen molar-refractivity contribution in [3.63, 3.8) is 0 Å². The van der Waals surface area contributed by atoms with Crippen molar-refractivity contribution in [2.24, 2.45) is 5.92 Å². The lowest BCUT2D eigenvalue weighted by Crippen LogP contribution is -2.50. The zero-order valence-electron chi connectivity index (χ0n) is 19.5. The van der Waals surface area contributed by atoms with Gasteiger partial charge in [-0.25, -0.2) is 4.98 Å². The molecule has 0 aromatic carbocycles. The highest BCUT2D eigenvalue weighted by atomic mass is 16.5. The maximum absolute atomic E-state index is 13.4. The van der Waals surface area contributed by atoms with Crippen LogP contribution < -0.4 is 4.74 Å². The van der Waals surface area contributed by atoms with E-state index in [0.29, 0.717) is 25.1 Å². The molecule has 1 aliphatic heterocycles. The van der Waals surface area contributed by atoms with E-state index in [1.54, 1.807) is 54.5 Å². The summed E-state index contributed by atoms with van der Waals surface area (Å²) < 4.78 is 6.19. The Labute approximate surface area is 194 Å². The van der Waals surface area contributed by atoms with Gasteiger partial charge in [0.15, 0.2) is 0 Å². The number of carbonyl (C=O) groups excluding carboxylic acids is 2. The molecule has 33 heavy (non-hydrogen) atoms. The molecule has 1 aliphatic rings. The number of hydrogen-bond donors (Lipinski definition) is 1.